The molecule has 0 aromatic heterocycles. The minimum atomic E-state index is -0.00817. The van der Waals surface area contributed by atoms with E-state index in [0.717, 1.165) is 15.6 Å². The summed E-state index contributed by atoms with van der Waals surface area (Å²) in [5.41, 5.74) is 2.25. The molecule has 1 N–H and O–H groups in total. The van der Waals surface area contributed by atoms with Gasteiger partial charge in [0, 0.05) is 17.2 Å². The number of alkyl halides is 1. The fourth-order valence-electron chi connectivity index (χ4n) is 2.61. The summed E-state index contributed by atoms with van der Waals surface area (Å²) in [6.07, 6.45) is 0.502. The average molecular weight is 549 g/mol. The number of methoxy groups -OCH3 is 1. The number of aliphatic hydroxyl groups excluding tert-OH is 1. The van der Waals surface area contributed by atoms with Crippen LogP contribution in [0, 0.1) is 0 Å². The van der Waals surface area contributed by atoms with Crippen LogP contribution in [0.3, 0.4) is 0 Å². The molecule has 150 valence electrons. The van der Waals surface area contributed by atoms with E-state index in [9.17, 15) is 0 Å². The quantitative estimate of drug-likeness (QED) is 0.270. The van der Waals surface area contributed by atoms with Gasteiger partial charge in [0.25, 0.3) is 0 Å². The second-order valence-electron chi connectivity index (χ2n) is 5.93. The largest absolute Gasteiger partial charge is 1.00 e. The van der Waals surface area contributed by atoms with Crippen molar-refractivity contribution in [1.82, 2.24) is 0 Å². The number of halogens is 3. The zero-order chi connectivity index (χ0) is 19.8. The Kier molecular flexibility index (Phi) is 13.1. The van der Waals surface area contributed by atoms with E-state index in [1.54, 1.807) is 7.11 Å². The molecule has 2 saturated heterocycles. The maximum absolute atomic E-state index is 8.74. The summed E-state index contributed by atoms with van der Waals surface area (Å²) < 4.78 is 15.6. The molecule has 0 saturated carbocycles. The number of hydrogen-bond donors (Lipinski definition) is 1. The van der Waals surface area contributed by atoms with E-state index in [4.69, 9.17) is 42.5 Å². The van der Waals surface area contributed by atoms with E-state index in [2.05, 4.69) is 22.6 Å². The van der Waals surface area contributed by atoms with E-state index in [1.807, 2.05) is 53.5 Å². The summed E-state index contributed by atoms with van der Waals surface area (Å²) in [7, 11) is 1.68. The molecule has 0 radical (unpaired) electrons. The van der Waals surface area contributed by atoms with Crippen LogP contribution in [-0.4, -0.2) is 42.6 Å². The Bertz CT molecular complexity index is 694. The van der Waals surface area contributed by atoms with E-state index in [0.29, 0.717) is 6.61 Å². The van der Waals surface area contributed by atoms with Crippen molar-refractivity contribution in [1.29, 1.82) is 0 Å². The van der Waals surface area contributed by atoms with Crippen LogP contribution in [0.15, 0.2) is 48.5 Å². The summed E-state index contributed by atoms with van der Waals surface area (Å²) in [6.45, 7) is 0.751. The number of benzene rings is 2. The number of aliphatic hydroxyl groups is 1. The van der Waals surface area contributed by atoms with Gasteiger partial charge in [-0.05, 0) is 40.3 Å². The second kappa shape index (κ2) is 13.8. The Labute approximate surface area is 213 Å². The maximum Gasteiger partial charge on any atom is 1.00 e. The van der Waals surface area contributed by atoms with Crippen LogP contribution in [-0.2, 0) is 14.2 Å². The Morgan fingerprint density at radius 3 is 1.64 bits per heavy atom. The molecule has 2 aromatic carbocycles. The molecule has 0 aliphatic carbocycles. The average Bonchev–Trinajstić information content (AvgIpc) is 3.61. The molecule has 0 amide bonds. The van der Waals surface area contributed by atoms with Crippen LogP contribution in [0.2, 0.25) is 10.0 Å². The van der Waals surface area contributed by atoms with Crippen molar-refractivity contribution in [2.24, 2.45) is 0 Å². The number of epoxide rings is 2. The van der Waals surface area contributed by atoms with Gasteiger partial charge in [-0.2, -0.15) is 0 Å². The van der Waals surface area contributed by atoms with Gasteiger partial charge in [-0.15, -0.1) is 0 Å². The molecule has 4 nitrogen and oxygen atoms in total. The summed E-state index contributed by atoms with van der Waals surface area (Å²) in [5.74, 6) is 0. The van der Waals surface area contributed by atoms with Crippen LogP contribution >= 0.6 is 45.8 Å². The topological polar surface area (TPSA) is 54.5 Å². The van der Waals surface area contributed by atoms with Gasteiger partial charge in [0.2, 0.25) is 0 Å². The summed E-state index contributed by atoms with van der Waals surface area (Å²) in [5, 5.41) is 10.2. The van der Waals surface area contributed by atoms with Gasteiger partial charge >= 0.3 is 29.6 Å². The molecule has 4 rings (SSSR count). The fraction of sp³-hybridized carbons (Fsp3) is 0.400. The van der Waals surface area contributed by atoms with Crippen molar-refractivity contribution in [2.75, 3.05) is 25.3 Å². The predicted octanol–water partition coefficient (Wildman–Crippen LogP) is 2.37. The van der Waals surface area contributed by atoms with E-state index in [-0.39, 0.29) is 62.0 Å². The SMILES string of the molecule is CI.COCC1OC1c1ccc(Cl)cc1.OCC1OC1c1ccc(Cl)cc1.[H-].[Na+]. The summed E-state index contributed by atoms with van der Waals surface area (Å²) in [6, 6.07) is 15.2. The third-order valence-corrected chi connectivity index (χ3v) is 4.58. The monoisotopic (exact) mass is 548 g/mol. The predicted molar refractivity (Wildman–Crippen MR) is 118 cm³/mol. The van der Waals surface area contributed by atoms with Crippen LogP contribution in [0.5, 0.6) is 0 Å². The first-order valence-corrected chi connectivity index (χ1v) is 11.3. The molecule has 2 aromatic rings. The summed E-state index contributed by atoms with van der Waals surface area (Å²) >= 11 is 13.6. The zero-order valence-corrected chi connectivity index (χ0v) is 21.8. The van der Waals surface area contributed by atoms with Gasteiger partial charge in [0.1, 0.15) is 24.4 Å². The molecule has 2 heterocycles. The molecular formula is C20H24Cl2INaO4. The first-order valence-electron chi connectivity index (χ1n) is 8.42. The molecular weight excluding hydrogens is 525 g/mol. The zero-order valence-electron chi connectivity index (χ0n) is 17.1. The minimum Gasteiger partial charge on any atom is -1.00 e. The normalized spacial score (nSPS) is 23.9. The smallest absolute Gasteiger partial charge is 1.00 e. The van der Waals surface area contributed by atoms with Crippen LogP contribution in [0.4, 0.5) is 0 Å². The molecule has 0 bridgehead atoms. The minimum absolute atomic E-state index is 0. The molecule has 2 aliphatic heterocycles. The molecule has 8 heteroatoms. The van der Waals surface area contributed by atoms with Gasteiger partial charge in [0.15, 0.2) is 0 Å². The van der Waals surface area contributed by atoms with Crippen molar-refractivity contribution in [3.8, 4) is 0 Å². The fourth-order valence-corrected chi connectivity index (χ4v) is 2.86. The first kappa shape index (κ1) is 26.6. The molecule has 28 heavy (non-hydrogen) atoms. The van der Waals surface area contributed by atoms with Crippen LogP contribution in [0.1, 0.15) is 24.8 Å². The van der Waals surface area contributed by atoms with Crippen molar-refractivity contribution >= 4 is 45.8 Å². The second-order valence-corrected chi connectivity index (χ2v) is 6.80. The number of ether oxygens (including phenoxy) is 3. The van der Waals surface area contributed by atoms with Gasteiger partial charge in [-0.25, -0.2) is 0 Å². The van der Waals surface area contributed by atoms with Crippen molar-refractivity contribution in [2.45, 2.75) is 24.4 Å². The Morgan fingerprint density at radius 1 is 0.893 bits per heavy atom. The molecule has 2 aliphatic rings. The Morgan fingerprint density at radius 2 is 1.29 bits per heavy atom. The number of rotatable bonds is 5. The van der Waals surface area contributed by atoms with Gasteiger partial charge < -0.3 is 20.7 Å². The van der Waals surface area contributed by atoms with Crippen molar-refractivity contribution < 1.29 is 50.3 Å². The van der Waals surface area contributed by atoms with E-state index >= 15 is 0 Å². The molecule has 4 unspecified atom stereocenters. The third-order valence-electron chi connectivity index (χ3n) is 4.07. The van der Waals surface area contributed by atoms with Gasteiger partial charge in [-0.3, -0.25) is 0 Å². The van der Waals surface area contributed by atoms with E-state index in [1.165, 1.54) is 5.56 Å². The molecule has 4 atom stereocenters. The Balaban J connectivity index is 0.000000469. The van der Waals surface area contributed by atoms with Gasteiger partial charge in [-0.1, -0.05) is 70.1 Å². The standard InChI is InChI=1S/C10H11ClO2.C9H9ClO2.CH3I.Na.H/c1-12-6-9-10(13-9)7-2-4-8(11)5-3-7;10-7-3-1-6(2-4-7)9-8(5-11)12-9;1-2;;/h2-5,9-10H,6H2,1H3;1-4,8-9,11H,5H2;1H3;;/q;;;+1;-1. The first-order chi connectivity index (χ1) is 13.1. The van der Waals surface area contributed by atoms with Gasteiger partial charge in [0.05, 0.1) is 13.2 Å². The van der Waals surface area contributed by atoms with E-state index < -0.39 is 0 Å². The Hall–Kier alpha value is 0.590. The molecule has 2 fully saturated rings. The van der Waals surface area contributed by atoms with Crippen molar-refractivity contribution in [3.05, 3.63) is 69.7 Å². The maximum atomic E-state index is 8.74. The van der Waals surface area contributed by atoms with Crippen molar-refractivity contribution in [3.63, 3.8) is 0 Å². The number of hydrogen-bond acceptors (Lipinski definition) is 4. The third kappa shape index (κ3) is 8.38. The van der Waals surface area contributed by atoms with Crippen LogP contribution in [0.25, 0.3) is 0 Å². The molecule has 0 spiro atoms. The summed E-state index contributed by atoms with van der Waals surface area (Å²) in [4.78, 5) is 1.97. The van der Waals surface area contributed by atoms with Crippen LogP contribution < -0.4 is 29.6 Å².